The van der Waals surface area contributed by atoms with Crippen LogP contribution < -0.4 is 4.74 Å². The van der Waals surface area contributed by atoms with Crippen molar-refractivity contribution in [1.82, 2.24) is 4.98 Å². The van der Waals surface area contributed by atoms with Gasteiger partial charge < -0.3 is 4.74 Å². The van der Waals surface area contributed by atoms with Crippen molar-refractivity contribution in [3.63, 3.8) is 0 Å². The molecule has 3 nitrogen and oxygen atoms in total. The van der Waals surface area contributed by atoms with Crippen molar-refractivity contribution < 1.29 is 4.74 Å². The summed E-state index contributed by atoms with van der Waals surface area (Å²) in [7, 11) is 0. The van der Waals surface area contributed by atoms with Crippen LogP contribution in [0.1, 0.15) is 23.7 Å². The van der Waals surface area contributed by atoms with E-state index in [0.29, 0.717) is 6.61 Å². The largest absolute Gasteiger partial charge is 0.493 e. The molecule has 0 N–H and O–H groups in total. The van der Waals surface area contributed by atoms with Crippen molar-refractivity contribution >= 4 is 22.5 Å². The molecule has 1 aromatic carbocycles. The third-order valence-corrected chi connectivity index (χ3v) is 4.50. The number of thioether (sulfide) groups is 1. The third-order valence-electron chi connectivity index (χ3n) is 3.51. The molecule has 0 bridgehead atoms. The monoisotopic (exact) mass is 298 g/mol. The van der Waals surface area contributed by atoms with Gasteiger partial charge in [0.05, 0.1) is 23.0 Å². The molecule has 2 aromatic rings. The molecule has 0 fully saturated rings. The lowest BCUT2D eigenvalue weighted by Gasteiger charge is -2.10. The molecule has 1 aromatic heterocycles. The number of para-hydroxylation sites is 1. The summed E-state index contributed by atoms with van der Waals surface area (Å²) in [4.78, 5) is 9.15. The van der Waals surface area contributed by atoms with E-state index in [2.05, 4.69) is 35.1 Å². The lowest BCUT2D eigenvalue weighted by atomic mass is 10.2. The van der Waals surface area contributed by atoms with E-state index >= 15 is 0 Å². The Labute approximate surface area is 129 Å². The van der Waals surface area contributed by atoms with Crippen LogP contribution in [0.15, 0.2) is 41.5 Å². The Morgan fingerprint density at radius 3 is 2.90 bits per heavy atom. The number of nitrogens with zero attached hydrogens (tertiary/aromatic N) is 2. The van der Waals surface area contributed by atoms with Crippen molar-refractivity contribution in [2.75, 3.05) is 6.61 Å². The lowest BCUT2D eigenvalue weighted by molar-refractivity contribution is 0.337. The molecule has 1 aliphatic rings. The fraction of sp³-hybridized carbons (Fsp3) is 0.294. The molecule has 21 heavy (non-hydrogen) atoms. The zero-order valence-electron chi connectivity index (χ0n) is 12.3. The van der Waals surface area contributed by atoms with Crippen LogP contribution in [0.4, 0.5) is 5.69 Å². The number of aliphatic imine (C=N–C) groups is 1. The Morgan fingerprint density at radius 2 is 2.10 bits per heavy atom. The topological polar surface area (TPSA) is 34.5 Å². The van der Waals surface area contributed by atoms with Gasteiger partial charge in [-0.3, -0.25) is 4.98 Å². The fourth-order valence-corrected chi connectivity index (χ4v) is 3.37. The molecular formula is C17H18N2OS. The van der Waals surface area contributed by atoms with Gasteiger partial charge in [-0.1, -0.05) is 18.2 Å². The summed E-state index contributed by atoms with van der Waals surface area (Å²) in [5.41, 5.74) is 4.62. The Balaban J connectivity index is 1.68. The Kier molecular flexibility index (Phi) is 4.25. The molecule has 0 saturated carbocycles. The van der Waals surface area contributed by atoms with Crippen LogP contribution in [0.25, 0.3) is 0 Å². The maximum Gasteiger partial charge on any atom is 0.125 e. The average Bonchev–Trinajstić information content (AvgIpc) is 2.91. The zero-order valence-corrected chi connectivity index (χ0v) is 13.1. The molecule has 1 aliphatic heterocycles. The fourth-order valence-electron chi connectivity index (χ4n) is 2.36. The number of aromatic nitrogens is 1. The van der Waals surface area contributed by atoms with Crippen molar-refractivity contribution in [1.29, 1.82) is 0 Å². The molecule has 0 saturated heterocycles. The van der Waals surface area contributed by atoms with Gasteiger partial charge in [-0.15, -0.1) is 11.8 Å². The van der Waals surface area contributed by atoms with E-state index in [1.807, 2.05) is 25.3 Å². The highest BCUT2D eigenvalue weighted by atomic mass is 32.2. The third kappa shape index (κ3) is 3.10. The van der Waals surface area contributed by atoms with Gasteiger partial charge in [0.2, 0.25) is 0 Å². The van der Waals surface area contributed by atoms with Gasteiger partial charge in [-0.2, -0.15) is 0 Å². The van der Waals surface area contributed by atoms with Crippen LogP contribution >= 0.6 is 11.8 Å². The predicted octanol–water partition coefficient (Wildman–Crippen LogP) is 4.31. The number of benzene rings is 1. The summed E-state index contributed by atoms with van der Waals surface area (Å²) in [6.45, 7) is 4.75. The number of hydrogen-bond donors (Lipinski definition) is 0. The SMILES string of the molecule is CCOc1ccnc(CSC2=Nc3ccccc3C2)c1C. The summed E-state index contributed by atoms with van der Waals surface area (Å²) in [5, 5.41) is 1.17. The smallest absolute Gasteiger partial charge is 0.125 e. The van der Waals surface area contributed by atoms with Gasteiger partial charge in [0.15, 0.2) is 0 Å². The highest BCUT2D eigenvalue weighted by Crippen LogP contribution is 2.31. The molecule has 2 heterocycles. The number of pyridine rings is 1. The van der Waals surface area contributed by atoms with Crippen LogP contribution in [-0.4, -0.2) is 16.6 Å². The van der Waals surface area contributed by atoms with Gasteiger partial charge in [-0.25, -0.2) is 4.99 Å². The van der Waals surface area contributed by atoms with E-state index in [4.69, 9.17) is 4.74 Å². The van der Waals surface area contributed by atoms with Crippen molar-refractivity contribution in [3.8, 4) is 5.75 Å². The molecule has 4 heteroatoms. The highest BCUT2D eigenvalue weighted by Gasteiger charge is 2.15. The first kappa shape index (κ1) is 14.1. The molecule has 0 unspecified atom stereocenters. The standard InChI is InChI=1S/C17H18N2OS/c1-3-20-16-8-9-18-15(12(16)2)11-21-17-10-13-6-4-5-7-14(13)19-17/h4-9H,3,10-11H2,1-2H3. The molecule has 0 spiro atoms. The van der Waals surface area contributed by atoms with E-state index in [9.17, 15) is 0 Å². The summed E-state index contributed by atoms with van der Waals surface area (Å²) < 4.78 is 5.62. The minimum Gasteiger partial charge on any atom is -0.493 e. The van der Waals surface area contributed by atoms with E-state index < -0.39 is 0 Å². The first-order valence-electron chi connectivity index (χ1n) is 7.13. The molecule has 0 radical (unpaired) electrons. The molecule has 0 amide bonds. The molecule has 0 aliphatic carbocycles. The van der Waals surface area contributed by atoms with Gasteiger partial charge in [-0.05, 0) is 31.5 Å². The second kappa shape index (κ2) is 6.31. The number of ether oxygens (including phenoxy) is 1. The van der Waals surface area contributed by atoms with Crippen LogP contribution in [0.5, 0.6) is 5.75 Å². The normalized spacial score (nSPS) is 13.0. The van der Waals surface area contributed by atoms with Crippen LogP contribution in [0.2, 0.25) is 0 Å². The number of rotatable bonds is 4. The van der Waals surface area contributed by atoms with Crippen LogP contribution in [-0.2, 0) is 12.2 Å². The Morgan fingerprint density at radius 1 is 1.24 bits per heavy atom. The lowest BCUT2D eigenvalue weighted by Crippen LogP contribution is -2.00. The molecular weight excluding hydrogens is 280 g/mol. The van der Waals surface area contributed by atoms with Gasteiger partial charge in [0, 0.05) is 23.9 Å². The second-order valence-corrected chi connectivity index (χ2v) is 5.96. The van der Waals surface area contributed by atoms with Crippen LogP contribution in [0, 0.1) is 6.92 Å². The highest BCUT2D eigenvalue weighted by molar-refractivity contribution is 8.13. The Hall–Kier alpha value is -1.81. The predicted molar refractivity (Wildman–Crippen MR) is 88.7 cm³/mol. The summed E-state index contributed by atoms with van der Waals surface area (Å²) in [5.74, 6) is 1.76. The molecule has 108 valence electrons. The van der Waals surface area contributed by atoms with E-state index in [0.717, 1.165) is 34.9 Å². The van der Waals surface area contributed by atoms with Crippen molar-refractivity contribution in [2.45, 2.75) is 26.0 Å². The van der Waals surface area contributed by atoms with Gasteiger partial charge in [0.25, 0.3) is 0 Å². The maximum atomic E-state index is 5.62. The summed E-state index contributed by atoms with van der Waals surface area (Å²) >= 11 is 1.77. The van der Waals surface area contributed by atoms with Gasteiger partial charge in [0.1, 0.15) is 5.75 Å². The van der Waals surface area contributed by atoms with E-state index in [1.165, 1.54) is 10.6 Å². The second-order valence-electron chi connectivity index (χ2n) is 4.91. The first-order chi connectivity index (χ1) is 10.3. The first-order valence-corrected chi connectivity index (χ1v) is 8.12. The van der Waals surface area contributed by atoms with Crippen molar-refractivity contribution in [3.05, 3.63) is 53.3 Å². The average molecular weight is 298 g/mol. The van der Waals surface area contributed by atoms with Gasteiger partial charge >= 0.3 is 0 Å². The summed E-state index contributed by atoms with van der Waals surface area (Å²) in [6, 6.07) is 10.2. The Bertz CT molecular complexity index is 682. The molecule has 3 rings (SSSR count). The summed E-state index contributed by atoms with van der Waals surface area (Å²) in [6.07, 6.45) is 2.75. The van der Waals surface area contributed by atoms with Crippen molar-refractivity contribution in [2.24, 2.45) is 4.99 Å². The zero-order chi connectivity index (χ0) is 14.7. The van der Waals surface area contributed by atoms with E-state index in [-0.39, 0.29) is 0 Å². The number of fused-ring (bicyclic) bond motifs is 1. The minimum atomic E-state index is 0.680. The maximum absolute atomic E-state index is 5.62. The number of hydrogen-bond acceptors (Lipinski definition) is 4. The van der Waals surface area contributed by atoms with Crippen LogP contribution in [0.3, 0.4) is 0 Å². The van der Waals surface area contributed by atoms with E-state index in [1.54, 1.807) is 11.8 Å². The minimum absolute atomic E-state index is 0.680. The quantitative estimate of drug-likeness (QED) is 0.843. The molecule has 0 atom stereocenters.